The van der Waals surface area contributed by atoms with Crippen LogP contribution in [0.1, 0.15) is 16.8 Å². The highest BCUT2D eigenvalue weighted by Gasteiger charge is 2.35. The Kier molecular flexibility index (Phi) is 4.86. The van der Waals surface area contributed by atoms with Crippen LogP contribution in [0.5, 0.6) is 0 Å². The zero-order valence-electron chi connectivity index (χ0n) is 13.9. The van der Waals surface area contributed by atoms with Crippen LogP contribution in [0.25, 0.3) is 22.4 Å². The molecule has 0 saturated carbocycles. The predicted molar refractivity (Wildman–Crippen MR) is 89.8 cm³/mol. The molecule has 8 heteroatoms. The van der Waals surface area contributed by atoms with Gasteiger partial charge >= 0.3 is 12.4 Å². The highest BCUT2D eigenvalue weighted by molar-refractivity contribution is 5.75. The first-order valence-corrected chi connectivity index (χ1v) is 7.87. The molecule has 0 bridgehead atoms. The SMILES string of the molecule is N#Cc1nc(-c2ccccc2C(F)(F)F)ccc1-c1ccccc1C(F)(F)F. The van der Waals surface area contributed by atoms with Gasteiger partial charge in [-0.25, -0.2) is 4.98 Å². The van der Waals surface area contributed by atoms with E-state index < -0.39 is 29.2 Å². The molecule has 28 heavy (non-hydrogen) atoms. The van der Waals surface area contributed by atoms with Crippen LogP contribution in [0, 0.1) is 11.3 Å². The summed E-state index contributed by atoms with van der Waals surface area (Å²) in [5.74, 6) is 0. The minimum atomic E-state index is -4.66. The lowest BCUT2D eigenvalue weighted by molar-refractivity contribution is -0.137. The molecule has 0 fully saturated rings. The largest absolute Gasteiger partial charge is 0.417 e. The monoisotopic (exact) mass is 392 g/mol. The number of benzene rings is 2. The van der Waals surface area contributed by atoms with Crippen molar-refractivity contribution < 1.29 is 26.3 Å². The summed E-state index contributed by atoms with van der Waals surface area (Å²) < 4.78 is 79.5. The maximum Gasteiger partial charge on any atom is 0.417 e. The third-order valence-electron chi connectivity index (χ3n) is 4.03. The number of rotatable bonds is 2. The van der Waals surface area contributed by atoms with Crippen molar-refractivity contribution in [1.29, 1.82) is 5.26 Å². The average molecular weight is 392 g/mol. The second kappa shape index (κ2) is 7.00. The highest BCUT2D eigenvalue weighted by atomic mass is 19.4. The second-order valence-corrected chi connectivity index (χ2v) is 5.79. The summed E-state index contributed by atoms with van der Waals surface area (Å²) in [5.41, 5.74) is -3.10. The minimum absolute atomic E-state index is 0.108. The first-order chi connectivity index (χ1) is 13.1. The molecule has 142 valence electrons. The van der Waals surface area contributed by atoms with Crippen LogP contribution >= 0.6 is 0 Å². The molecule has 1 aromatic heterocycles. The highest BCUT2D eigenvalue weighted by Crippen LogP contribution is 2.40. The van der Waals surface area contributed by atoms with Crippen molar-refractivity contribution in [2.75, 3.05) is 0 Å². The molecule has 2 nitrogen and oxygen atoms in total. The molecule has 0 aliphatic heterocycles. The molecule has 0 atom stereocenters. The maximum atomic E-state index is 13.3. The first-order valence-electron chi connectivity index (χ1n) is 7.87. The van der Waals surface area contributed by atoms with E-state index in [4.69, 9.17) is 0 Å². The molecule has 0 saturated heterocycles. The molecule has 0 aliphatic carbocycles. The molecular formula is C20H10F6N2. The fourth-order valence-electron chi connectivity index (χ4n) is 2.83. The van der Waals surface area contributed by atoms with Gasteiger partial charge in [-0.05, 0) is 29.8 Å². The third kappa shape index (κ3) is 3.69. The number of nitriles is 1. The van der Waals surface area contributed by atoms with Crippen molar-refractivity contribution in [2.24, 2.45) is 0 Å². The van der Waals surface area contributed by atoms with E-state index in [0.29, 0.717) is 0 Å². The number of pyridine rings is 1. The van der Waals surface area contributed by atoms with Crippen molar-refractivity contribution in [3.05, 3.63) is 77.5 Å². The molecule has 3 aromatic rings. The Balaban J connectivity index is 2.20. The zero-order chi connectivity index (χ0) is 20.5. The Bertz CT molecular complexity index is 1060. The molecule has 0 N–H and O–H groups in total. The standard InChI is InChI=1S/C20H10F6N2/c21-19(22,23)15-7-3-1-5-12(15)13-9-10-17(28-18(13)11-27)14-6-2-4-8-16(14)20(24,25)26/h1-10H. The summed E-state index contributed by atoms with van der Waals surface area (Å²) in [6.07, 6.45) is -9.31. The van der Waals surface area contributed by atoms with Crippen LogP contribution < -0.4 is 0 Å². The van der Waals surface area contributed by atoms with Gasteiger partial charge in [0.15, 0.2) is 0 Å². The fourth-order valence-corrected chi connectivity index (χ4v) is 2.83. The summed E-state index contributed by atoms with van der Waals surface area (Å²) >= 11 is 0. The minimum Gasteiger partial charge on any atom is -0.236 e. The molecule has 3 rings (SSSR count). The van der Waals surface area contributed by atoms with Crippen molar-refractivity contribution >= 4 is 0 Å². The molecule has 1 heterocycles. The number of halogens is 6. The number of nitrogens with zero attached hydrogens (tertiary/aromatic N) is 2. The van der Waals surface area contributed by atoms with E-state index in [1.165, 1.54) is 48.5 Å². The van der Waals surface area contributed by atoms with Crippen LogP contribution in [0.2, 0.25) is 0 Å². The van der Waals surface area contributed by atoms with E-state index in [-0.39, 0.29) is 22.4 Å². The van der Waals surface area contributed by atoms with Crippen LogP contribution in [0.4, 0.5) is 26.3 Å². The van der Waals surface area contributed by atoms with Gasteiger partial charge in [-0.1, -0.05) is 36.4 Å². The van der Waals surface area contributed by atoms with E-state index >= 15 is 0 Å². The molecule has 0 spiro atoms. The van der Waals surface area contributed by atoms with Crippen LogP contribution in [0.3, 0.4) is 0 Å². The molecule has 0 aliphatic rings. The van der Waals surface area contributed by atoms with Crippen LogP contribution in [-0.2, 0) is 12.4 Å². The molecule has 0 amide bonds. The normalized spacial score (nSPS) is 11.9. The number of hydrogen-bond donors (Lipinski definition) is 0. The van der Waals surface area contributed by atoms with E-state index in [1.807, 2.05) is 0 Å². The van der Waals surface area contributed by atoms with Gasteiger partial charge in [0, 0.05) is 11.1 Å². The second-order valence-electron chi connectivity index (χ2n) is 5.79. The van der Waals surface area contributed by atoms with Gasteiger partial charge < -0.3 is 0 Å². The van der Waals surface area contributed by atoms with Crippen molar-refractivity contribution in [2.45, 2.75) is 12.4 Å². The number of alkyl halides is 6. The van der Waals surface area contributed by atoms with Gasteiger partial charge in [0.05, 0.1) is 16.8 Å². The topological polar surface area (TPSA) is 36.7 Å². The lowest BCUT2D eigenvalue weighted by Gasteiger charge is -2.15. The maximum absolute atomic E-state index is 13.3. The van der Waals surface area contributed by atoms with E-state index in [1.54, 1.807) is 6.07 Å². The fraction of sp³-hybridized carbons (Fsp3) is 0.100. The van der Waals surface area contributed by atoms with Crippen molar-refractivity contribution in [3.8, 4) is 28.5 Å². The summed E-state index contributed by atoms with van der Waals surface area (Å²) in [7, 11) is 0. The van der Waals surface area contributed by atoms with Crippen molar-refractivity contribution in [1.82, 2.24) is 4.98 Å². The quantitative estimate of drug-likeness (QED) is 0.478. The van der Waals surface area contributed by atoms with Crippen LogP contribution in [-0.4, -0.2) is 4.98 Å². The van der Waals surface area contributed by atoms with E-state index in [2.05, 4.69) is 4.98 Å². The average Bonchev–Trinajstić information content (AvgIpc) is 2.66. The van der Waals surface area contributed by atoms with Gasteiger partial charge in [-0.2, -0.15) is 31.6 Å². The van der Waals surface area contributed by atoms with Crippen LogP contribution in [0.15, 0.2) is 60.7 Å². The molecule has 0 radical (unpaired) electrons. The van der Waals surface area contributed by atoms with Gasteiger partial charge in [0.1, 0.15) is 11.8 Å². The Morgan fingerprint density at radius 2 is 1.14 bits per heavy atom. The Morgan fingerprint density at radius 1 is 0.643 bits per heavy atom. The Hall–Kier alpha value is -3.34. The molecule has 2 aromatic carbocycles. The summed E-state index contributed by atoms with van der Waals surface area (Å²) in [4.78, 5) is 3.91. The Morgan fingerprint density at radius 3 is 1.68 bits per heavy atom. The molecular weight excluding hydrogens is 382 g/mol. The summed E-state index contributed by atoms with van der Waals surface area (Å²) in [5, 5.41) is 9.36. The Labute approximate surface area is 155 Å². The van der Waals surface area contributed by atoms with Gasteiger partial charge in [0.2, 0.25) is 0 Å². The first kappa shape index (κ1) is 19.4. The van der Waals surface area contributed by atoms with E-state index in [9.17, 15) is 31.6 Å². The smallest absolute Gasteiger partial charge is 0.236 e. The van der Waals surface area contributed by atoms with Gasteiger partial charge in [-0.15, -0.1) is 0 Å². The number of aromatic nitrogens is 1. The van der Waals surface area contributed by atoms with Gasteiger partial charge in [0.25, 0.3) is 0 Å². The molecule has 0 unspecified atom stereocenters. The van der Waals surface area contributed by atoms with Gasteiger partial charge in [-0.3, -0.25) is 0 Å². The summed E-state index contributed by atoms with van der Waals surface area (Å²) in [6, 6.07) is 13.3. The lowest BCUT2D eigenvalue weighted by atomic mass is 9.96. The zero-order valence-corrected chi connectivity index (χ0v) is 13.9. The van der Waals surface area contributed by atoms with E-state index in [0.717, 1.165) is 12.1 Å². The third-order valence-corrected chi connectivity index (χ3v) is 4.03. The summed E-state index contributed by atoms with van der Waals surface area (Å²) in [6.45, 7) is 0. The lowest BCUT2D eigenvalue weighted by Crippen LogP contribution is -2.09. The predicted octanol–water partition coefficient (Wildman–Crippen LogP) is 6.32. The van der Waals surface area contributed by atoms with Crippen molar-refractivity contribution in [3.63, 3.8) is 0 Å². The number of hydrogen-bond acceptors (Lipinski definition) is 2.